The predicted molar refractivity (Wildman–Crippen MR) is 90.8 cm³/mol. The first kappa shape index (κ1) is 15.2. The van der Waals surface area contributed by atoms with Gasteiger partial charge in [-0.05, 0) is 18.3 Å². The fourth-order valence-corrected chi connectivity index (χ4v) is 4.06. The lowest BCUT2D eigenvalue weighted by molar-refractivity contribution is -0.133. The van der Waals surface area contributed by atoms with E-state index in [1.807, 2.05) is 28.5 Å². The maximum atomic E-state index is 12.5. The number of thiazole rings is 1. The van der Waals surface area contributed by atoms with Crippen LogP contribution in [0.1, 0.15) is 26.0 Å². The minimum absolute atomic E-state index is 0.211. The molecule has 4 heteroatoms. The minimum atomic E-state index is 0.211. The molecule has 1 amide bonds. The first-order valence-corrected chi connectivity index (χ1v) is 8.77. The summed E-state index contributed by atoms with van der Waals surface area (Å²) in [5.74, 6) is 1.41. The standard InChI is InChI=1S/C18H22N2OS/c1-13-8-14(2)11-20(10-13)17(21)9-16-12-22-18(19-16)15-6-4-3-5-7-15/h3-7,12-14H,8-11H2,1-2H3. The molecule has 0 aliphatic carbocycles. The van der Waals surface area contributed by atoms with Gasteiger partial charge in [0.15, 0.2) is 0 Å². The van der Waals surface area contributed by atoms with Crippen LogP contribution >= 0.6 is 11.3 Å². The van der Waals surface area contributed by atoms with Gasteiger partial charge in [0.2, 0.25) is 5.91 Å². The van der Waals surface area contributed by atoms with Gasteiger partial charge in [-0.3, -0.25) is 4.79 Å². The molecule has 116 valence electrons. The number of likely N-dealkylation sites (tertiary alicyclic amines) is 1. The molecule has 0 radical (unpaired) electrons. The molecule has 2 atom stereocenters. The third kappa shape index (κ3) is 3.55. The highest BCUT2D eigenvalue weighted by atomic mass is 32.1. The zero-order valence-corrected chi connectivity index (χ0v) is 14.0. The van der Waals surface area contributed by atoms with E-state index in [9.17, 15) is 4.79 Å². The fraction of sp³-hybridized carbons (Fsp3) is 0.444. The van der Waals surface area contributed by atoms with Crippen LogP contribution in [0.25, 0.3) is 10.6 Å². The van der Waals surface area contributed by atoms with E-state index in [0.717, 1.165) is 29.4 Å². The summed E-state index contributed by atoms with van der Waals surface area (Å²) in [7, 11) is 0. The maximum Gasteiger partial charge on any atom is 0.228 e. The Balaban J connectivity index is 1.66. The summed E-state index contributed by atoms with van der Waals surface area (Å²) < 4.78 is 0. The van der Waals surface area contributed by atoms with Crippen molar-refractivity contribution in [2.75, 3.05) is 13.1 Å². The molecule has 1 aliphatic rings. The number of nitrogens with zero attached hydrogens (tertiary/aromatic N) is 2. The molecule has 0 bridgehead atoms. The molecular weight excluding hydrogens is 292 g/mol. The molecular formula is C18H22N2OS. The van der Waals surface area contributed by atoms with Crippen molar-refractivity contribution in [1.29, 1.82) is 0 Å². The van der Waals surface area contributed by atoms with E-state index in [0.29, 0.717) is 18.3 Å². The molecule has 22 heavy (non-hydrogen) atoms. The Morgan fingerprint density at radius 2 is 1.91 bits per heavy atom. The molecule has 2 aromatic rings. The Bertz CT molecular complexity index is 628. The Morgan fingerprint density at radius 3 is 2.59 bits per heavy atom. The summed E-state index contributed by atoms with van der Waals surface area (Å²) in [6, 6.07) is 10.1. The van der Waals surface area contributed by atoms with E-state index in [4.69, 9.17) is 0 Å². The van der Waals surface area contributed by atoms with Crippen molar-refractivity contribution in [3.63, 3.8) is 0 Å². The minimum Gasteiger partial charge on any atom is -0.342 e. The van der Waals surface area contributed by atoms with Gasteiger partial charge in [0.1, 0.15) is 5.01 Å². The smallest absolute Gasteiger partial charge is 0.228 e. The van der Waals surface area contributed by atoms with Crippen LogP contribution in [0.2, 0.25) is 0 Å². The number of rotatable bonds is 3. The summed E-state index contributed by atoms with van der Waals surface area (Å²) in [6.07, 6.45) is 1.64. The quantitative estimate of drug-likeness (QED) is 0.862. The molecule has 1 fully saturated rings. The number of amides is 1. The Morgan fingerprint density at radius 1 is 1.23 bits per heavy atom. The average molecular weight is 314 g/mol. The Hall–Kier alpha value is -1.68. The summed E-state index contributed by atoms with van der Waals surface area (Å²) in [5, 5.41) is 3.00. The van der Waals surface area contributed by atoms with Gasteiger partial charge in [-0.2, -0.15) is 0 Å². The molecule has 2 heterocycles. The van der Waals surface area contributed by atoms with Gasteiger partial charge in [-0.15, -0.1) is 11.3 Å². The van der Waals surface area contributed by atoms with Crippen LogP contribution in [0.4, 0.5) is 0 Å². The van der Waals surface area contributed by atoms with Crippen molar-refractivity contribution < 1.29 is 4.79 Å². The second-order valence-electron chi connectivity index (χ2n) is 6.43. The molecule has 0 saturated carbocycles. The topological polar surface area (TPSA) is 33.2 Å². The van der Waals surface area contributed by atoms with E-state index in [1.165, 1.54) is 6.42 Å². The molecule has 1 aromatic heterocycles. The summed E-state index contributed by atoms with van der Waals surface area (Å²) in [4.78, 5) is 19.1. The number of aromatic nitrogens is 1. The van der Waals surface area contributed by atoms with E-state index in [2.05, 4.69) is 31.0 Å². The van der Waals surface area contributed by atoms with Gasteiger partial charge in [0, 0.05) is 24.0 Å². The third-order valence-electron chi connectivity index (χ3n) is 4.13. The van der Waals surface area contributed by atoms with Gasteiger partial charge < -0.3 is 4.90 Å². The number of hydrogen-bond donors (Lipinski definition) is 0. The van der Waals surface area contributed by atoms with Gasteiger partial charge in [0.25, 0.3) is 0 Å². The summed E-state index contributed by atoms with van der Waals surface area (Å²) in [5.41, 5.74) is 2.01. The number of piperidine rings is 1. The second kappa shape index (κ2) is 6.61. The normalized spacial score (nSPS) is 21.8. The first-order valence-electron chi connectivity index (χ1n) is 7.89. The third-order valence-corrected chi connectivity index (χ3v) is 5.07. The van der Waals surface area contributed by atoms with Crippen molar-refractivity contribution in [2.45, 2.75) is 26.7 Å². The maximum absolute atomic E-state index is 12.5. The van der Waals surface area contributed by atoms with Crippen LogP contribution < -0.4 is 0 Å². The van der Waals surface area contributed by atoms with Gasteiger partial charge in [-0.25, -0.2) is 4.98 Å². The fourth-order valence-electron chi connectivity index (χ4n) is 3.23. The van der Waals surface area contributed by atoms with Crippen LogP contribution in [-0.4, -0.2) is 28.9 Å². The first-order chi connectivity index (χ1) is 10.6. The van der Waals surface area contributed by atoms with Gasteiger partial charge in [0.05, 0.1) is 12.1 Å². The highest BCUT2D eigenvalue weighted by Crippen LogP contribution is 2.25. The lowest BCUT2D eigenvalue weighted by Gasteiger charge is -2.35. The number of hydrogen-bond acceptors (Lipinski definition) is 3. The van der Waals surface area contributed by atoms with Crippen LogP contribution in [0, 0.1) is 11.8 Å². The molecule has 1 aliphatic heterocycles. The second-order valence-corrected chi connectivity index (χ2v) is 7.29. The van der Waals surface area contributed by atoms with Crippen molar-refractivity contribution in [2.24, 2.45) is 11.8 Å². The van der Waals surface area contributed by atoms with E-state index in [-0.39, 0.29) is 5.91 Å². The predicted octanol–water partition coefficient (Wildman–Crippen LogP) is 3.86. The van der Waals surface area contributed by atoms with E-state index in [1.54, 1.807) is 11.3 Å². The SMILES string of the molecule is CC1CC(C)CN(C(=O)Cc2csc(-c3ccccc3)n2)C1. The zero-order valence-electron chi connectivity index (χ0n) is 13.2. The zero-order chi connectivity index (χ0) is 15.5. The largest absolute Gasteiger partial charge is 0.342 e. The summed E-state index contributed by atoms with van der Waals surface area (Å²) >= 11 is 1.61. The highest BCUT2D eigenvalue weighted by Gasteiger charge is 2.25. The van der Waals surface area contributed by atoms with Crippen molar-refractivity contribution in [1.82, 2.24) is 9.88 Å². The lowest BCUT2D eigenvalue weighted by Crippen LogP contribution is -2.43. The van der Waals surface area contributed by atoms with Crippen molar-refractivity contribution in [3.8, 4) is 10.6 Å². The molecule has 3 rings (SSSR count). The van der Waals surface area contributed by atoms with Crippen molar-refractivity contribution in [3.05, 3.63) is 41.4 Å². The molecule has 0 spiro atoms. The monoisotopic (exact) mass is 314 g/mol. The number of carbonyl (C=O) groups is 1. The van der Waals surface area contributed by atoms with Crippen molar-refractivity contribution >= 4 is 17.2 Å². The molecule has 0 N–H and O–H groups in total. The van der Waals surface area contributed by atoms with Crippen LogP contribution in [0.5, 0.6) is 0 Å². The molecule has 1 aromatic carbocycles. The average Bonchev–Trinajstić information content (AvgIpc) is 2.95. The van der Waals surface area contributed by atoms with Crippen LogP contribution in [0.3, 0.4) is 0 Å². The number of benzene rings is 1. The number of carbonyl (C=O) groups excluding carboxylic acids is 1. The Labute approximate surface area is 136 Å². The molecule has 3 nitrogen and oxygen atoms in total. The van der Waals surface area contributed by atoms with Crippen LogP contribution in [-0.2, 0) is 11.2 Å². The molecule has 2 unspecified atom stereocenters. The molecule has 1 saturated heterocycles. The van der Waals surface area contributed by atoms with Crippen LogP contribution in [0.15, 0.2) is 35.7 Å². The Kier molecular flexibility index (Phi) is 4.57. The van der Waals surface area contributed by atoms with Gasteiger partial charge >= 0.3 is 0 Å². The van der Waals surface area contributed by atoms with E-state index < -0.39 is 0 Å². The van der Waals surface area contributed by atoms with E-state index >= 15 is 0 Å². The lowest BCUT2D eigenvalue weighted by atomic mass is 9.92. The highest BCUT2D eigenvalue weighted by molar-refractivity contribution is 7.13. The van der Waals surface area contributed by atoms with Gasteiger partial charge in [-0.1, -0.05) is 44.2 Å². The summed E-state index contributed by atoms with van der Waals surface area (Å²) in [6.45, 7) is 6.23.